The van der Waals surface area contributed by atoms with Gasteiger partial charge in [-0.15, -0.1) is 0 Å². The monoisotopic (exact) mass is 849 g/mol. The number of esters is 4. The number of aromatic nitrogens is 1. The minimum atomic E-state index is -0.493. The molecule has 1 heterocycles. The van der Waals surface area contributed by atoms with Crippen LogP contribution >= 0.6 is 11.3 Å². The van der Waals surface area contributed by atoms with Crippen LogP contribution in [0, 0.1) is 6.92 Å². The van der Waals surface area contributed by atoms with E-state index in [0.717, 1.165) is 39.1 Å². The number of hydrazone groups is 1. The summed E-state index contributed by atoms with van der Waals surface area (Å²) in [4.78, 5) is 53.1. The van der Waals surface area contributed by atoms with Crippen LogP contribution in [0.25, 0.3) is 10.2 Å². The molecule has 0 aliphatic heterocycles. The van der Waals surface area contributed by atoms with E-state index in [1.165, 1.54) is 24.7 Å². The van der Waals surface area contributed by atoms with E-state index in [1.54, 1.807) is 30.3 Å². The van der Waals surface area contributed by atoms with Crippen molar-refractivity contribution >= 4 is 56.8 Å². The number of nitrogens with one attached hydrogen (secondary N) is 1. The highest BCUT2D eigenvalue weighted by atomic mass is 32.1. The summed E-state index contributed by atoms with van der Waals surface area (Å²) in [7, 11) is 1.52. The van der Waals surface area contributed by atoms with Crippen molar-refractivity contribution in [2.45, 2.75) is 45.4 Å². The summed E-state index contributed by atoms with van der Waals surface area (Å²) >= 11 is 1.43. The SMILES string of the molecule is C=CC(=O)OCCCOc1ccc(CCC(=O)Oc2ccc(OC(=O)CCc3ccc(OCCCOC(=O)C=C)c(OC)c3)c(/C=N/Nc3nc4ccccc4s3)c2)cc1C. The lowest BCUT2D eigenvalue weighted by Crippen LogP contribution is -2.12. The third kappa shape index (κ3) is 14.7. The van der Waals surface area contributed by atoms with E-state index in [1.807, 2.05) is 55.5 Å². The van der Waals surface area contributed by atoms with Gasteiger partial charge in [0.2, 0.25) is 5.13 Å². The van der Waals surface area contributed by atoms with Gasteiger partial charge < -0.3 is 33.2 Å². The van der Waals surface area contributed by atoms with Crippen molar-refractivity contribution in [1.82, 2.24) is 4.98 Å². The molecule has 0 atom stereocenters. The third-order valence-corrected chi connectivity index (χ3v) is 9.65. The number of hydrogen-bond acceptors (Lipinski definition) is 15. The summed E-state index contributed by atoms with van der Waals surface area (Å²) in [5, 5.41) is 4.92. The maximum absolute atomic E-state index is 13.2. The summed E-state index contributed by atoms with van der Waals surface area (Å²) in [6.07, 6.45) is 5.67. The number of carbonyl (C=O) groups is 4. The van der Waals surface area contributed by atoms with E-state index in [9.17, 15) is 19.2 Å². The second-order valence-electron chi connectivity index (χ2n) is 13.2. The standard InChI is InChI=1S/C46H47N3O11S/c1-5-42(50)57-25-9-23-55-37-18-13-32(27-31(37)3)15-21-44(52)59-35-17-20-38(34(29-35)30-47-49-46-48-36-11-7-8-12-41(36)61-46)60-45(53)22-16-33-14-19-39(40(28-33)54-4)56-24-10-26-58-43(51)6-2/h5-8,11-14,17-20,27-30H,1-2,9-10,15-16,21-26H2,3-4H3,(H,48,49)/b47-30+. The van der Waals surface area contributed by atoms with Gasteiger partial charge in [0.1, 0.15) is 17.2 Å². The molecule has 0 unspecified atom stereocenters. The topological polar surface area (TPSA) is 170 Å². The Hall–Kier alpha value is -7.00. The van der Waals surface area contributed by atoms with Gasteiger partial charge in [-0.1, -0.05) is 54.8 Å². The molecule has 0 aliphatic carbocycles. The number of thiazole rings is 1. The quantitative estimate of drug-likeness (QED) is 0.0158. The molecule has 0 spiro atoms. The van der Waals surface area contributed by atoms with Crippen LogP contribution in [0.15, 0.2) is 109 Å². The van der Waals surface area contributed by atoms with Gasteiger partial charge in [0.05, 0.1) is 50.0 Å². The van der Waals surface area contributed by atoms with Crippen molar-refractivity contribution in [2.24, 2.45) is 5.10 Å². The first-order valence-corrected chi connectivity index (χ1v) is 20.3. The number of carbonyl (C=O) groups excluding carboxylic acids is 4. The van der Waals surface area contributed by atoms with E-state index in [-0.39, 0.29) is 37.6 Å². The van der Waals surface area contributed by atoms with Crippen LogP contribution < -0.4 is 29.1 Å². The van der Waals surface area contributed by atoms with Crippen LogP contribution in [0.4, 0.5) is 5.13 Å². The van der Waals surface area contributed by atoms with E-state index < -0.39 is 23.9 Å². The highest BCUT2D eigenvalue weighted by Gasteiger charge is 2.15. The van der Waals surface area contributed by atoms with Crippen LogP contribution in [0.1, 0.15) is 47.9 Å². The Morgan fingerprint density at radius 2 is 1.34 bits per heavy atom. The van der Waals surface area contributed by atoms with Crippen LogP contribution in [-0.2, 0) is 41.5 Å². The van der Waals surface area contributed by atoms with E-state index in [2.05, 4.69) is 28.7 Å². The van der Waals surface area contributed by atoms with Gasteiger partial charge in [-0.2, -0.15) is 5.10 Å². The van der Waals surface area contributed by atoms with Crippen molar-refractivity contribution in [3.05, 3.63) is 126 Å². The molecule has 1 aromatic heterocycles. The molecule has 1 N–H and O–H groups in total. The number of nitrogens with zero attached hydrogens (tertiary/aromatic N) is 2. The maximum Gasteiger partial charge on any atom is 0.330 e. The fourth-order valence-electron chi connectivity index (χ4n) is 5.67. The molecular formula is C46H47N3O11S. The molecule has 0 bridgehead atoms. The van der Waals surface area contributed by atoms with E-state index in [0.29, 0.717) is 66.8 Å². The van der Waals surface area contributed by atoms with Gasteiger partial charge >= 0.3 is 23.9 Å². The molecule has 0 radical (unpaired) electrons. The fourth-order valence-corrected chi connectivity index (χ4v) is 6.49. The summed E-state index contributed by atoms with van der Waals surface area (Å²) in [6, 6.07) is 23.5. The molecule has 318 valence electrons. The van der Waals surface area contributed by atoms with Crippen molar-refractivity contribution in [3.63, 3.8) is 0 Å². The lowest BCUT2D eigenvalue weighted by atomic mass is 10.1. The van der Waals surface area contributed by atoms with Gasteiger partial charge in [0.15, 0.2) is 11.5 Å². The molecule has 61 heavy (non-hydrogen) atoms. The third-order valence-electron chi connectivity index (χ3n) is 8.71. The minimum Gasteiger partial charge on any atom is -0.493 e. The number of anilines is 1. The summed E-state index contributed by atoms with van der Waals surface area (Å²) in [5.41, 5.74) is 6.82. The molecule has 4 aromatic carbocycles. The lowest BCUT2D eigenvalue weighted by Gasteiger charge is -2.13. The zero-order chi connectivity index (χ0) is 43.4. The zero-order valence-electron chi connectivity index (χ0n) is 34.0. The number of para-hydroxylation sites is 1. The van der Waals surface area contributed by atoms with Gasteiger partial charge in [-0.25, -0.2) is 14.6 Å². The second kappa shape index (κ2) is 23.6. The minimum absolute atomic E-state index is 0.0507. The summed E-state index contributed by atoms with van der Waals surface area (Å²) in [6.45, 7) is 9.77. The number of hydrogen-bond donors (Lipinski definition) is 1. The number of aryl methyl sites for hydroxylation is 3. The van der Waals surface area contributed by atoms with Crippen LogP contribution in [0.2, 0.25) is 0 Å². The molecule has 0 saturated carbocycles. The number of benzene rings is 4. The zero-order valence-corrected chi connectivity index (χ0v) is 34.8. The van der Waals surface area contributed by atoms with Crippen molar-refractivity contribution < 1.29 is 52.3 Å². The fraction of sp³-hybridized carbons (Fsp3) is 0.261. The first kappa shape index (κ1) is 45.1. The Morgan fingerprint density at radius 1 is 0.721 bits per heavy atom. The van der Waals surface area contributed by atoms with Gasteiger partial charge in [-0.3, -0.25) is 15.0 Å². The smallest absolute Gasteiger partial charge is 0.330 e. The predicted molar refractivity (Wildman–Crippen MR) is 232 cm³/mol. The highest BCUT2D eigenvalue weighted by Crippen LogP contribution is 2.30. The van der Waals surface area contributed by atoms with Crippen molar-refractivity contribution in [3.8, 4) is 28.7 Å². The molecule has 14 nitrogen and oxygen atoms in total. The maximum atomic E-state index is 13.2. The second-order valence-corrected chi connectivity index (χ2v) is 14.3. The Kier molecular flexibility index (Phi) is 17.4. The molecular weight excluding hydrogens is 803 g/mol. The Labute approximate surface area is 357 Å². The van der Waals surface area contributed by atoms with Gasteiger partial charge in [0.25, 0.3) is 0 Å². The molecule has 5 aromatic rings. The van der Waals surface area contributed by atoms with Gasteiger partial charge in [0, 0.05) is 43.4 Å². The first-order chi connectivity index (χ1) is 29.6. The summed E-state index contributed by atoms with van der Waals surface area (Å²) in [5.74, 6) is 0.273. The molecule has 0 aliphatic rings. The number of ether oxygens (including phenoxy) is 7. The lowest BCUT2D eigenvalue weighted by molar-refractivity contribution is -0.138. The molecule has 5 rings (SSSR count). The number of fused-ring (bicyclic) bond motifs is 1. The van der Waals surface area contributed by atoms with Crippen LogP contribution in [-0.4, -0.2) is 68.6 Å². The van der Waals surface area contributed by atoms with Crippen molar-refractivity contribution in [2.75, 3.05) is 39.0 Å². The first-order valence-electron chi connectivity index (χ1n) is 19.4. The molecule has 0 fully saturated rings. The predicted octanol–water partition coefficient (Wildman–Crippen LogP) is 8.13. The van der Waals surface area contributed by atoms with Crippen LogP contribution in [0.3, 0.4) is 0 Å². The van der Waals surface area contributed by atoms with Gasteiger partial charge in [-0.05, 0) is 85.0 Å². The van der Waals surface area contributed by atoms with E-state index in [4.69, 9.17) is 33.2 Å². The average molecular weight is 850 g/mol. The number of methoxy groups -OCH3 is 1. The Balaban J connectivity index is 1.18. The molecule has 0 saturated heterocycles. The van der Waals surface area contributed by atoms with Crippen molar-refractivity contribution in [1.29, 1.82) is 0 Å². The average Bonchev–Trinajstić information content (AvgIpc) is 3.69. The summed E-state index contributed by atoms with van der Waals surface area (Å²) < 4.78 is 39.5. The molecule has 15 heteroatoms. The molecule has 0 amide bonds. The number of rotatable bonds is 24. The Bertz CT molecular complexity index is 2320. The highest BCUT2D eigenvalue weighted by molar-refractivity contribution is 7.22. The largest absolute Gasteiger partial charge is 0.493 e. The normalized spacial score (nSPS) is 10.8. The Morgan fingerprint density at radius 3 is 2.00 bits per heavy atom. The van der Waals surface area contributed by atoms with Crippen LogP contribution in [0.5, 0.6) is 28.7 Å². The van der Waals surface area contributed by atoms with E-state index >= 15 is 0 Å².